The monoisotopic (exact) mass is 236 g/mol. The van der Waals surface area contributed by atoms with E-state index in [9.17, 15) is 9.90 Å². The largest absolute Gasteiger partial charge is 0.493 e. The van der Waals surface area contributed by atoms with Gasteiger partial charge >= 0.3 is 5.97 Å². The Labute approximate surface area is 100 Å². The molecule has 1 atom stereocenters. The van der Waals surface area contributed by atoms with Crippen LogP contribution < -0.4 is 4.74 Å². The number of aliphatic hydroxyl groups is 1. The summed E-state index contributed by atoms with van der Waals surface area (Å²) in [6.07, 6.45) is 1.27. The maximum absolute atomic E-state index is 11.1. The Morgan fingerprint density at radius 2 is 2.06 bits per heavy atom. The number of aliphatic hydroxyl groups excluding tert-OH is 1. The predicted molar refractivity (Wildman–Crippen MR) is 61.6 cm³/mol. The van der Waals surface area contributed by atoms with Crippen molar-refractivity contribution in [3.63, 3.8) is 0 Å². The molecule has 0 saturated heterocycles. The number of hydrogen-bond acceptors (Lipinski definition) is 4. The zero-order valence-corrected chi connectivity index (χ0v) is 9.76. The third-order valence-corrected chi connectivity index (χ3v) is 2.80. The molecule has 0 aliphatic heterocycles. The van der Waals surface area contributed by atoms with Crippen LogP contribution in [0.3, 0.4) is 0 Å². The molecule has 1 fully saturated rings. The van der Waals surface area contributed by atoms with Crippen LogP contribution >= 0.6 is 0 Å². The van der Waals surface area contributed by atoms with Gasteiger partial charge in [-0.15, -0.1) is 0 Å². The maximum Gasteiger partial charge on any atom is 0.339 e. The summed E-state index contributed by atoms with van der Waals surface area (Å²) in [4.78, 5) is 11.1. The Bertz CT molecular complexity index is 381. The molecular weight excluding hydrogens is 220 g/mol. The highest BCUT2D eigenvalue weighted by atomic mass is 16.5. The third kappa shape index (κ3) is 3.20. The summed E-state index contributed by atoms with van der Waals surface area (Å²) in [6.45, 7) is 0.749. The number of rotatable bonds is 5. The van der Waals surface area contributed by atoms with Crippen LogP contribution in [0.25, 0.3) is 0 Å². The highest BCUT2D eigenvalue weighted by molar-refractivity contribution is 5.76. The minimum atomic E-state index is -1.22. The van der Waals surface area contributed by atoms with Crippen molar-refractivity contribution in [3.05, 3.63) is 29.8 Å². The number of carbonyl (C=O) groups is 1. The molecule has 0 radical (unpaired) electrons. The van der Waals surface area contributed by atoms with Gasteiger partial charge in [0, 0.05) is 0 Å². The van der Waals surface area contributed by atoms with Crippen LogP contribution in [0.15, 0.2) is 24.3 Å². The first-order chi connectivity index (χ1) is 8.20. The average Bonchev–Trinajstić information content (AvgIpc) is 3.19. The maximum atomic E-state index is 11.1. The molecule has 0 bridgehead atoms. The van der Waals surface area contributed by atoms with Gasteiger partial charge in [-0.25, -0.2) is 4.79 Å². The van der Waals surface area contributed by atoms with E-state index < -0.39 is 12.1 Å². The second-order valence-corrected chi connectivity index (χ2v) is 4.25. The van der Waals surface area contributed by atoms with Crippen molar-refractivity contribution >= 4 is 5.97 Å². The van der Waals surface area contributed by atoms with Gasteiger partial charge in [0.2, 0.25) is 0 Å². The first kappa shape index (κ1) is 11.9. The summed E-state index contributed by atoms with van der Waals surface area (Å²) in [6, 6.07) is 6.85. The summed E-state index contributed by atoms with van der Waals surface area (Å²) in [5.41, 5.74) is 0.510. The molecule has 17 heavy (non-hydrogen) atoms. The fourth-order valence-electron chi connectivity index (χ4n) is 1.49. The molecule has 1 aromatic carbocycles. The molecule has 1 aliphatic carbocycles. The molecular formula is C13H16O4. The second-order valence-electron chi connectivity index (χ2n) is 4.25. The summed E-state index contributed by atoms with van der Waals surface area (Å²) < 4.78 is 10.0. The lowest BCUT2D eigenvalue weighted by molar-refractivity contribution is -0.150. The molecule has 0 heterocycles. The van der Waals surface area contributed by atoms with Crippen LogP contribution in [0.4, 0.5) is 0 Å². The summed E-state index contributed by atoms with van der Waals surface area (Å²) in [5, 5.41) is 9.59. The van der Waals surface area contributed by atoms with E-state index in [2.05, 4.69) is 4.74 Å². The van der Waals surface area contributed by atoms with Gasteiger partial charge in [-0.1, -0.05) is 12.1 Å². The van der Waals surface area contributed by atoms with Gasteiger partial charge < -0.3 is 14.6 Å². The summed E-state index contributed by atoms with van der Waals surface area (Å²) in [5.74, 6) is 0.810. The standard InChI is InChI=1S/C13H16O4/c1-16-13(15)12(14)10-4-6-11(7-5-10)17-8-9-2-3-9/h4-7,9,12,14H,2-3,8H2,1H3. The normalized spacial score (nSPS) is 16.4. The lowest BCUT2D eigenvalue weighted by atomic mass is 10.1. The molecule has 1 saturated carbocycles. The molecule has 0 aromatic heterocycles. The Hall–Kier alpha value is -1.55. The highest BCUT2D eigenvalue weighted by Gasteiger charge is 2.22. The summed E-state index contributed by atoms with van der Waals surface area (Å²) in [7, 11) is 1.25. The van der Waals surface area contributed by atoms with E-state index in [0.29, 0.717) is 11.5 Å². The van der Waals surface area contributed by atoms with Crippen molar-refractivity contribution in [2.75, 3.05) is 13.7 Å². The van der Waals surface area contributed by atoms with Gasteiger partial charge in [-0.2, -0.15) is 0 Å². The molecule has 0 amide bonds. The minimum absolute atomic E-state index is 0.510. The second kappa shape index (κ2) is 5.19. The van der Waals surface area contributed by atoms with Crippen molar-refractivity contribution in [3.8, 4) is 5.75 Å². The lowest BCUT2D eigenvalue weighted by Crippen LogP contribution is -2.13. The zero-order chi connectivity index (χ0) is 12.3. The van der Waals surface area contributed by atoms with Gasteiger partial charge in [0.15, 0.2) is 6.10 Å². The molecule has 2 rings (SSSR count). The third-order valence-electron chi connectivity index (χ3n) is 2.80. The Morgan fingerprint density at radius 1 is 1.41 bits per heavy atom. The quantitative estimate of drug-likeness (QED) is 0.790. The molecule has 0 spiro atoms. The molecule has 4 heteroatoms. The van der Waals surface area contributed by atoms with E-state index in [-0.39, 0.29) is 0 Å². The number of ether oxygens (including phenoxy) is 2. The summed E-state index contributed by atoms with van der Waals surface area (Å²) >= 11 is 0. The van der Waals surface area contributed by atoms with Gasteiger partial charge in [-0.3, -0.25) is 0 Å². The van der Waals surface area contributed by atoms with Gasteiger partial charge in [0.25, 0.3) is 0 Å². The van der Waals surface area contributed by atoms with Gasteiger partial charge in [0.05, 0.1) is 13.7 Å². The van der Waals surface area contributed by atoms with Crippen LogP contribution in [-0.4, -0.2) is 24.8 Å². The van der Waals surface area contributed by atoms with E-state index in [0.717, 1.165) is 12.4 Å². The van der Waals surface area contributed by atoms with Crippen molar-refractivity contribution < 1.29 is 19.4 Å². The SMILES string of the molecule is COC(=O)C(O)c1ccc(OCC2CC2)cc1. The minimum Gasteiger partial charge on any atom is -0.493 e. The molecule has 4 nitrogen and oxygen atoms in total. The number of hydrogen-bond donors (Lipinski definition) is 1. The van der Waals surface area contributed by atoms with Crippen LogP contribution in [0.5, 0.6) is 5.75 Å². The topological polar surface area (TPSA) is 55.8 Å². The number of benzene rings is 1. The molecule has 1 N–H and O–H groups in total. The van der Waals surface area contributed by atoms with Crippen LogP contribution in [0, 0.1) is 5.92 Å². The molecule has 92 valence electrons. The van der Waals surface area contributed by atoms with Crippen LogP contribution in [-0.2, 0) is 9.53 Å². The number of methoxy groups -OCH3 is 1. The lowest BCUT2D eigenvalue weighted by Gasteiger charge is -2.10. The molecule has 1 unspecified atom stereocenters. The smallest absolute Gasteiger partial charge is 0.339 e. The van der Waals surface area contributed by atoms with E-state index >= 15 is 0 Å². The number of carbonyl (C=O) groups excluding carboxylic acids is 1. The van der Waals surface area contributed by atoms with Gasteiger partial charge in [0.1, 0.15) is 5.75 Å². The Balaban J connectivity index is 1.93. The Kier molecular flexibility index (Phi) is 3.64. The fourth-order valence-corrected chi connectivity index (χ4v) is 1.49. The van der Waals surface area contributed by atoms with Gasteiger partial charge in [-0.05, 0) is 36.5 Å². The van der Waals surface area contributed by atoms with E-state index in [1.54, 1.807) is 24.3 Å². The molecule has 1 aliphatic rings. The highest BCUT2D eigenvalue weighted by Crippen LogP contribution is 2.29. The first-order valence-corrected chi connectivity index (χ1v) is 5.69. The number of esters is 1. The van der Waals surface area contributed by atoms with E-state index in [4.69, 9.17) is 4.74 Å². The first-order valence-electron chi connectivity index (χ1n) is 5.69. The van der Waals surface area contributed by atoms with E-state index in [1.807, 2.05) is 0 Å². The van der Waals surface area contributed by atoms with Crippen molar-refractivity contribution in [2.24, 2.45) is 5.92 Å². The zero-order valence-electron chi connectivity index (χ0n) is 9.76. The van der Waals surface area contributed by atoms with Crippen molar-refractivity contribution in [2.45, 2.75) is 18.9 Å². The van der Waals surface area contributed by atoms with Crippen LogP contribution in [0.1, 0.15) is 24.5 Å². The van der Waals surface area contributed by atoms with Crippen molar-refractivity contribution in [1.29, 1.82) is 0 Å². The average molecular weight is 236 g/mol. The van der Waals surface area contributed by atoms with Crippen molar-refractivity contribution in [1.82, 2.24) is 0 Å². The predicted octanol–water partition coefficient (Wildman–Crippen LogP) is 1.68. The Morgan fingerprint density at radius 3 is 2.59 bits per heavy atom. The molecule has 1 aromatic rings. The van der Waals surface area contributed by atoms with Crippen LogP contribution in [0.2, 0.25) is 0 Å². The van der Waals surface area contributed by atoms with E-state index in [1.165, 1.54) is 20.0 Å². The fraction of sp³-hybridized carbons (Fsp3) is 0.462.